The lowest BCUT2D eigenvalue weighted by molar-refractivity contribution is -0.0271. The molecule has 0 unspecified atom stereocenters. The van der Waals surface area contributed by atoms with Gasteiger partial charge in [-0.05, 0) is 39.2 Å². The molecule has 110 valence electrons. The van der Waals surface area contributed by atoms with Gasteiger partial charge in [-0.3, -0.25) is 4.90 Å². The molecular formula is C15H20ClNO3. The van der Waals surface area contributed by atoms with Gasteiger partial charge < -0.3 is 10.2 Å². The Labute approximate surface area is 124 Å². The normalized spacial score (nSPS) is 23.4. The van der Waals surface area contributed by atoms with E-state index in [0.717, 1.165) is 12.8 Å². The SMILES string of the molecule is CC1(C)CCC[C@H]([C@H](O)c2ccccc2Cl)N1C(=O)O. The standard InChI is InChI=1S/C15H20ClNO3/c1-15(2)9-5-8-12(17(15)14(19)20)13(18)10-6-3-4-7-11(10)16/h3-4,6-7,12-13,18H,5,8-9H2,1-2H3,(H,19,20)/t12-,13-/m1/s1. The van der Waals surface area contributed by atoms with Gasteiger partial charge in [0.05, 0.1) is 6.04 Å². The zero-order valence-corrected chi connectivity index (χ0v) is 12.5. The van der Waals surface area contributed by atoms with Crippen LogP contribution in [0.2, 0.25) is 5.02 Å². The number of hydrogen-bond donors (Lipinski definition) is 2. The smallest absolute Gasteiger partial charge is 0.408 e. The monoisotopic (exact) mass is 297 g/mol. The van der Waals surface area contributed by atoms with Gasteiger partial charge in [0, 0.05) is 16.1 Å². The van der Waals surface area contributed by atoms with Crippen LogP contribution in [-0.2, 0) is 0 Å². The summed E-state index contributed by atoms with van der Waals surface area (Å²) in [7, 11) is 0. The van der Waals surface area contributed by atoms with Crippen LogP contribution in [0.25, 0.3) is 0 Å². The van der Waals surface area contributed by atoms with E-state index < -0.39 is 23.8 Å². The van der Waals surface area contributed by atoms with Crippen molar-refractivity contribution in [2.45, 2.75) is 50.8 Å². The number of benzene rings is 1. The van der Waals surface area contributed by atoms with Gasteiger partial charge in [0.25, 0.3) is 0 Å². The van der Waals surface area contributed by atoms with Crippen LogP contribution in [0.4, 0.5) is 4.79 Å². The van der Waals surface area contributed by atoms with Crippen molar-refractivity contribution in [2.75, 3.05) is 0 Å². The Kier molecular flexibility index (Phi) is 4.25. The van der Waals surface area contributed by atoms with Gasteiger partial charge in [0.15, 0.2) is 0 Å². The lowest BCUT2D eigenvalue weighted by atomic mass is 9.83. The van der Waals surface area contributed by atoms with E-state index in [-0.39, 0.29) is 0 Å². The number of likely N-dealkylation sites (tertiary alicyclic amines) is 1. The van der Waals surface area contributed by atoms with E-state index in [1.807, 2.05) is 13.8 Å². The summed E-state index contributed by atoms with van der Waals surface area (Å²) in [4.78, 5) is 13.0. The van der Waals surface area contributed by atoms with Crippen LogP contribution in [0.5, 0.6) is 0 Å². The molecule has 4 nitrogen and oxygen atoms in total. The molecule has 1 amide bonds. The maximum Gasteiger partial charge on any atom is 0.408 e. The number of amides is 1. The molecule has 1 fully saturated rings. The Hall–Kier alpha value is -1.26. The van der Waals surface area contributed by atoms with Gasteiger partial charge in [-0.2, -0.15) is 0 Å². The summed E-state index contributed by atoms with van der Waals surface area (Å²) in [6.07, 6.45) is 0.432. The second-order valence-corrected chi connectivity index (χ2v) is 6.30. The largest absolute Gasteiger partial charge is 0.465 e. The Morgan fingerprint density at radius 3 is 2.70 bits per heavy atom. The molecule has 0 aliphatic carbocycles. The van der Waals surface area contributed by atoms with Crippen molar-refractivity contribution in [1.29, 1.82) is 0 Å². The van der Waals surface area contributed by atoms with Crippen molar-refractivity contribution in [2.24, 2.45) is 0 Å². The van der Waals surface area contributed by atoms with E-state index in [2.05, 4.69) is 0 Å². The topological polar surface area (TPSA) is 60.8 Å². The number of halogens is 1. The van der Waals surface area contributed by atoms with Crippen molar-refractivity contribution in [3.8, 4) is 0 Å². The van der Waals surface area contributed by atoms with Crippen molar-refractivity contribution in [1.82, 2.24) is 4.90 Å². The van der Waals surface area contributed by atoms with Gasteiger partial charge in [-0.15, -0.1) is 0 Å². The molecule has 2 rings (SSSR count). The number of aliphatic hydroxyl groups is 1. The number of hydrogen-bond acceptors (Lipinski definition) is 2. The van der Waals surface area contributed by atoms with Crippen LogP contribution in [0.15, 0.2) is 24.3 Å². The summed E-state index contributed by atoms with van der Waals surface area (Å²) in [5.41, 5.74) is 0.111. The summed E-state index contributed by atoms with van der Waals surface area (Å²) >= 11 is 6.11. The first kappa shape index (κ1) is 15.1. The van der Waals surface area contributed by atoms with Crippen LogP contribution in [0.1, 0.15) is 44.8 Å². The molecule has 0 radical (unpaired) electrons. The minimum atomic E-state index is -0.995. The van der Waals surface area contributed by atoms with E-state index in [4.69, 9.17) is 11.6 Å². The van der Waals surface area contributed by atoms with E-state index in [1.165, 1.54) is 4.90 Å². The van der Waals surface area contributed by atoms with E-state index in [1.54, 1.807) is 24.3 Å². The summed E-state index contributed by atoms with van der Waals surface area (Å²) in [6.45, 7) is 3.79. The maximum atomic E-state index is 11.6. The minimum absolute atomic E-state index is 0.462. The van der Waals surface area contributed by atoms with Crippen molar-refractivity contribution in [3.05, 3.63) is 34.9 Å². The highest BCUT2D eigenvalue weighted by atomic mass is 35.5. The molecule has 0 bridgehead atoms. The highest BCUT2D eigenvalue weighted by molar-refractivity contribution is 6.31. The molecule has 1 aliphatic heterocycles. The fourth-order valence-corrected chi connectivity index (χ4v) is 3.31. The first-order valence-electron chi connectivity index (χ1n) is 6.79. The average molecular weight is 298 g/mol. The Morgan fingerprint density at radius 1 is 1.45 bits per heavy atom. The maximum absolute atomic E-state index is 11.6. The van der Waals surface area contributed by atoms with Crippen molar-refractivity contribution < 1.29 is 15.0 Å². The molecule has 20 heavy (non-hydrogen) atoms. The highest BCUT2D eigenvalue weighted by Crippen LogP contribution is 2.38. The number of nitrogens with zero attached hydrogens (tertiary/aromatic N) is 1. The lowest BCUT2D eigenvalue weighted by Crippen LogP contribution is -2.57. The Morgan fingerprint density at radius 2 is 2.10 bits per heavy atom. The quantitative estimate of drug-likeness (QED) is 0.875. The van der Waals surface area contributed by atoms with Gasteiger partial charge in [0.2, 0.25) is 0 Å². The number of aliphatic hydroxyl groups excluding tert-OH is 1. The van der Waals surface area contributed by atoms with E-state index in [9.17, 15) is 15.0 Å². The molecule has 0 saturated carbocycles. The van der Waals surface area contributed by atoms with Gasteiger partial charge in [-0.25, -0.2) is 4.79 Å². The molecule has 0 spiro atoms. The molecule has 1 aromatic carbocycles. The molecule has 2 atom stereocenters. The summed E-state index contributed by atoms with van der Waals surface area (Å²) in [6, 6.07) is 6.58. The molecule has 1 aromatic rings. The van der Waals surface area contributed by atoms with Gasteiger partial charge in [-0.1, -0.05) is 29.8 Å². The predicted molar refractivity (Wildman–Crippen MR) is 78.0 cm³/mol. The van der Waals surface area contributed by atoms with Gasteiger partial charge in [0.1, 0.15) is 6.10 Å². The summed E-state index contributed by atoms with van der Waals surface area (Å²) in [5, 5.41) is 20.5. The third kappa shape index (κ3) is 2.76. The van der Waals surface area contributed by atoms with Gasteiger partial charge >= 0.3 is 6.09 Å². The van der Waals surface area contributed by atoms with Crippen molar-refractivity contribution in [3.63, 3.8) is 0 Å². The fourth-order valence-electron chi connectivity index (χ4n) is 3.06. The van der Waals surface area contributed by atoms with Crippen LogP contribution in [0.3, 0.4) is 0 Å². The average Bonchev–Trinajstić information content (AvgIpc) is 2.36. The summed E-state index contributed by atoms with van der Waals surface area (Å²) in [5.74, 6) is 0. The highest BCUT2D eigenvalue weighted by Gasteiger charge is 2.43. The van der Waals surface area contributed by atoms with Crippen LogP contribution in [-0.4, -0.2) is 32.8 Å². The molecule has 5 heteroatoms. The van der Waals surface area contributed by atoms with E-state index in [0.29, 0.717) is 17.0 Å². The molecule has 1 aliphatic rings. The summed E-state index contributed by atoms with van der Waals surface area (Å²) < 4.78 is 0. The molecule has 0 aromatic heterocycles. The van der Waals surface area contributed by atoms with Crippen LogP contribution >= 0.6 is 11.6 Å². The second-order valence-electron chi connectivity index (χ2n) is 5.89. The predicted octanol–water partition coefficient (Wildman–Crippen LogP) is 3.68. The fraction of sp³-hybridized carbons (Fsp3) is 0.533. The zero-order valence-electron chi connectivity index (χ0n) is 11.7. The van der Waals surface area contributed by atoms with Crippen LogP contribution < -0.4 is 0 Å². The first-order valence-corrected chi connectivity index (χ1v) is 7.17. The second kappa shape index (κ2) is 5.62. The van der Waals surface area contributed by atoms with E-state index >= 15 is 0 Å². The first-order chi connectivity index (χ1) is 9.34. The molecule has 1 heterocycles. The third-order valence-electron chi connectivity index (χ3n) is 4.07. The molecule has 1 saturated heterocycles. The Bertz CT molecular complexity index is 504. The lowest BCUT2D eigenvalue weighted by Gasteiger charge is -2.47. The van der Waals surface area contributed by atoms with Crippen LogP contribution in [0, 0.1) is 0 Å². The number of carbonyl (C=O) groups is 1. The molecular weight excluding hydrogens is 278 g/mol. The zero-order chi connectivity index (χ0) is 14.9. The minimum Gasteiger partial charge on any atom is -0.465 e. The third-order valence-corrected chi connectivity index (χ3v) is 4.41. The number of carboxylic acid groups (broad SMARTS) is 1. The number of piperidine rings is 1. The molecule has 2 N–H and O–H groups in total. The number of rotatable bonds is 2. The van der Waals surface area contributed by atoms with Crippen molar-refractivity contribution >= 4 is 17.7 Å². The Balaban J connectivity index is 2.34.